The molecule has 1 saturated heterocycles. The number of nitriles is 1. The summed E-state index contributed by atoms with van der Waals surface area (Å²) in [5, 5.41) is 12.2. The molecule has 2 unspecified atom stereocenters. The van der Waals surface area contributed by atoms with Gasteiger partial charge in [0, 0.05) is 23.6 Å². The Morgan fingerprint density at radius 2 is 1.85 bits per heavy atom. The fraction of sp³-hybridized carbons (Fsp3) is 0.316. The van der Waals surface area contributed by atoms with Gasteiger partial charge in [-0.3, -0.25) is 0 Å². The number of anilines is 1. The van der Waals surface area contributed by atoms with Gasteiger partial charge >= 0.3 is 6.18 Å². The molecule has 2 atom stereocenters. The Labute approximate surface area is 162 Å². The maximum absolute atomic E-state index is 14.9. The fourth-order valence-corrected chi connectivity index (χ4v) is 3.75. The molecule has 27 heavy (non-hydrogen) atoms. The van der Waals surface area contributed by atoms with Gasteiger partial charge in [-0.25, -0.2) is 4.39 Å². The average Bonchev–Trinajstić information content (AvgIpc) is 2.61. The minimum absolute atomic E-state index is 0.107. The Hall–Kier alpha value is -2.11. The Morgan fingerprint density at radius 1 is 1.19 bits per heavy atom. The van der Waals surface area contributed by atoms with Gasteiger partial charge in [-0.1, -0.05) is 28.1 Å². The molecule has 2 aromatic rings. The molecule has 1 heterocycles. The number of nitrogens with one attached hydrogen (secondary N) is 1. The van der Waals surface area contributed by atoms with E-state index in [-0.39, 0.29) is 17.8 Å². The van der Waals surface area contributed by atoms with Crippen LogP contribution in [0.25, 0.3) is 0 Å². The summed E-state index contributed by atoms with van der Waals surface area (Å²) in [4.78, 5) is 1.64. The third kappa shape index (κ3) is 3.80. The quantitative estimate of drug-likeness (QED) is 0.665. The van der Waals surface area contributed by atoms with Gasteiger partial charge in [0.15, 0.2) is 5.82 Å². The number of rotatable bonds is 2. The van der Waals surface area contributed by atoms with E-state index in [0.717, 1.165) is 16.1 Å². The highest BCUT2D eigenvalue weighted by molar-refractivity contribution is 9.10. The van der Waals surface area contributed by atoms with E-state index in [4.69, 9.17) is 5.26 Å². The predicted octanol–water partition coefficient (Wildman–Crippen LogP) is 5.02. The van der Waals surface area contributed by atoms with Crippen molar-refractivity contribution in [1.82, 2.24) is 5.32 Å². The van der Waals surface area contributed by atoms with E-state index in [0.29, 0.717) is 13.1 Å². The molecule has 0 bridgehead atoms. The van der Waals surface area contributed by atoms with Crippen LogP contribution in [-0.2, 0) is 6.18 Å². The lowest BCUT2D eigenvalue weighted by Crippen LogP contribution is -2.52. The minimum Gasteiger partial charge on any atom is -0.359 e. The Kier molecular flexibility index (Phi) is 5.45. The van der Waals surface area contributed by atoms with E-state index in [1.165, 1.54) is 12.1 Å². The van der Waals surface area contributed by atoms with Crippen LogP contribution in [0.4, 0.5) is 23.2 Å². The number of halogens is 5. The van der Waals surface area contributed by atoms with Crippen LogP contribution >= 0.6 is 15.9 Å². The van der Waals surface area contributed by atoms with E-state index in [1.807, 2.05) is 31.2 Å². The summed E-state index contributed by atoms with van der Waals surface area (Å²) >= 11 is 3.36. The second kappa shape index (κ2) is 7.49. The lowest BCUT2D eigenvalue weighted by Gasteiger charge is -2.42. The first-order valence-corrected chi connectivity index (χ1v) is 9.08. The van der Waals surface area contributed by atoms with Crippen molar-refractivity contribution in [3.8, 4) is 6.07 Å². The lowest BCUT2D eigenvalue weighted by atomic mass is 9.95. The van der Waals surface area contributed by atoms with Crippen LogP contribution in [0.15, 0.2) is 40.9 Å². The van der Waals surface area contributed by atoms with Gasteiger partial charge in [-0.2, -0.15) is 18.4 Å². The summed E-state index contributed by atoms with van der Waals surface area (Å²) in [5.74, 6) is -1.40. The fourth-order valence-electron chi connectivity index (χ4n) is 3.49. The van der Waals surface area contributed by atoms with Crippen molar-refractivity contribution in [3.63, 3.8) is 0 Å². The smallest absolute Gasteiger partial charge is 0.359 e. The van der Waals surface area contributed by atoms with Gasteiger partial charge in [0.2, 0.25) is 0 Å². The molecule has 0 spiro atoms. The summed E-state index contributed by atoms with van der Waals surface area (Å²) in [5.41, 5.74) is -1.52. The van der Waals surface area contributed by atoms with E-state index in [9.17, 15) is 17.6 Å². The second-order valence-corrected chi connectivity index (χ2v) is 7.28. The normalized spacial score (nSPS) is 20.4. The molecule has 1 aliphatic rings. The zero-order valence-corrected chi connectivity index (χ0v) is 15.9. The number of alkyl halides is 3. The molecule has 2 aromatic carbocycles. The summed E-state index contributed by atoms with van der Waals surface area (Å²) in [6.07, 6.45) is -4.95. The molecule has 1 N–H and O–H groups in total. The van der Waals surface area contributed by atoms with E-state index < -0.39 is 23.1 Å². The molecular formula is C19H16BrF4N3. The van der Waals surface area contributed by atoms with Crippen LogP contribution in [0, 0.1) is 17.1 Å². The van der Waals surface area contributed by atoms with Crippen molar-refractivity contribution < 1.29 is 17.6 Å². The maximum atomic E-state index is 14.9. The van der Waals surface area contributed by atoms with Crippen molar-refractivity contribution in [1.29, 1.82) is 5.26 Å². The number of hydrogen-bond donors (Lipinski definition) is 1. The summed E-state index contributed by atoms with van der Waals surface area (Å²) in [7, 11) is 0. The van der Waals surface area contributed by atoms with Gasteiger partial charge in [0.1, 0.15) is 5.56 Å². The van der Waals surface area contributed by atoms with Crippen LogP contribution in [0.5, 0.6) is 0 Å². The standard InChI is InChI=1S/C19H16BrF4N3/c1-11-18(12-2-5-14(20)6-3-12)27(9-8-26-11)15-7-4-13(10-25)16(17(15)21)19(22,23)24/h2-7,11,18,26H,8-9H2,1H3. The second-order valence-electron chi connectivity index (χ2n) is 6.36. The van der Waals surface area contributed by atoms with Crippen molar-refractivity contribution in [2.75, 3.05) is 18.0 Å². The molecule has 3 nitrogen and oxygen atoms in total. The molecular weight excluding hydrogens is 426 g/mol. The summed E-state index contributed by atoms with van der Waals surface area (Å²) in [6.45, 7) is 2.76. The van der Waals surface area contributed by atoms with Crippen molar-refractivity contribution in [3.05, 3.63) is 63.4 Å². The van der Waals surface area contributed by atoms with Gasteiger partial charge in [0.25, 0.3) is 0 Å². The summed E-state index contributed by atoms with van der Waals surface area (Å²) < 4.78 is 55.9. The first kappa shape index (κ1) is 19.6. The molecule has 0 saturated carbocycles. The van der Waals surface area contributed by atoms with E-state index >= 15 is 0 Å². The highest BCUT2D eigenvalue weighted by Crippen LogP contribution is 2.40. The Balaban J connectivity index is 2.13. The molecule has 0 aliphatic carbocycles. The van der Waals surface area contributed by atoms with Crippen LogP contribution in [-0.4, -0.2) is 19.1 Å². The van der Waals surface area contributed by atoms with E-state index in [2.05, 4.69) is 21.2 Å². The predicted molar refractivity (Wildman–Crippen MR) is 97.8 cm³/mol. The van der Waals surface area contributed by atoms with Gasteiger partial charge in [-0.05, 0) is 36.8 Å². The van der Waals surface area contributed by atoms with Crippen LogP contribution < -0.4 is 10.2 Å². The zero-order chi connectivity index (χ0) is 19.8. The van der Waals surface area contributed by atoms with Gasteiger partial charge < -0.3 is 10.2 Å². The lowest BCUT2D eigenvalue weighted by molar-refractivity contribution is -0.140. The third-order valence-electron chi connectivity index (χ3n) is 4.67. The molecule has 142 valence electrons. The molecule has 1 aliphatic heterocycles. The zero-order valence-electron chi connectivity index (χ0n) is 14.3. The van der Waals surface area contributed by atoms with Crippen LogP contribution in [0.2, 0.25) is 0 Å². The van der Waals surface area contributed by atoms with Crippen molar-refractivity contribution in [2.24, 2.45) is 0 Å². The largest absolute Gasteiger partial charge is 0.420 e. The molecule has 8 heteroatoms. The number of benzene rings is 2. The highest BCUT2D eigenvalue weighted by Gasteiger charge is 2.40. The molecule has 0 amide bonds. The number of piperazine rings is 1. The molecule has 1 fully saturated rings. The van der Waals surface area contributed by atoms with Gasteiger partial charge in [0.05, 0.1) is 23.4 Å². The van der Waals surface area contributed by atoms with Crippen molar-refractivity contribution >= 4 is 21.6 Å². The van der Waals surface area contributed by atoms with Gasteiger partial charge in [-0.15, -0.1) is 0 Å². The topological polar surface area (TPSA) is 39.1 Å². The molecule has 0 aromatic heterocycles. The molecule has 3 rings (SSSR count). The van der Waals surface area contributed by atoms with Crippen LogP contribution in [0.3, 0.4) is 0 Å². The number of hydrogen-bond acceptors (Lipinski definition) is 3. The SMILES string of the molecule is CC1NCCN(c2ccc(C#N)c(C(F)(F)F)c2F)C1c1ccc(Br)cc1. The van der Waals surface area contributed by atoms with Crippen LogP contribution in [0.1, 0.15) is 29.7 Å². The van der Waals surface area contributed by atoms with Crippen molar-refractivity contribution in [2.45, 2.75) is 25.2 Å². The Bertz CT molecular complexity index is 874. The summed E-state index contributed by atoms with van der Waals surface area (Å²) in [6, 6.07) is 10.7. The minimum atomic E-state index is -4.95. The van der Waals surface area contributed by atoms with E-state index in [1.54, 1.807) is 4.90 Å². The first-order chi connectivity index (χ1) is 12.7. The highest BCUT2D eigenvalue weighted by atomic mass is 79.9. The molecule has 0 radical (unpaired) electrons. The number of nitrogens with zero attached hydrogens (tertiary/aromatic N) is 2. The average molecular weight is 442 g/mol. The third-order valence-corrected chi connectivity index (χ3v) is 5.20. The monoisotopic (exact) mass is 441 g/mol. The first-order valence-electron chi connectivity index (χ1n) is 8.29. The Morgan fingerprint density at radius 3 is 2.44 bits per heavy atom. The maximum Gasteiger partial charge on any atom is 0.420 e.